The third kappa shape index (κ3) is 6.19. The minimum Gasteiger partial charge on any atom is -0.490 e. The number of esters is 1. The number of amides is 2. The Morgan fingerprint density at radius 2 is 2.08 bits per heavy atom. The van der Waals surface area contributed by atoms with E-state index in [1.165, 1.54) is 7.11 Å². The van der Waals surface area contributed by atoms with E-state index in [0.717, 1.165) is 16.5 Å². The first-order chi connectivity index (χ1) is 19.4. The molecule has 1 aliphatic heterocycles. The van der Waals surface area contributed by atoms with E-state index in [0.29, 0.717) is 35.9 Å². The smallest absolute Gasteiger partial charge is 0.337 e. The zero-order chi connectivity index (χ0) is 28.6. The van der Waals surface area contributed by atoms with Crippen LogP contribution in [-0.4, -0.2) is 54.4 Å². The number of nitrogens with zero attached hydrogens (tertiary/aromatic N) is 2. The van der Waals surface area contributed by atoms with Crippen LogP contribution < -0.4 is 25.5 Å². The predicted octanol–water partition coefficient (Wildman–Crippen LogP) is 2.80. The molecule has 1 aromatic heterocycles. The van der Waals surface area contributed by atoms with Gasteiger partial charge in [0.25, 0.3) is 0 Å². The molecule has 4 N–H and O–H groups in total. The van der Waals surface area contributed by atoms with Crippen molar-refractivity contribution in [1.82, 2.24) is 20.6 Å². The number of urea groups is 1. The van der Waals surface area contributed by atoms with E-state index in [1.807, 2.05) is 42.0 Å². The van der Waals surface area contributed by atoms with Crippen molar-refractivity contribution in [2.24, 2.45) is 5.10 Å². The summed E-state index contributed by atoms with van der Waals surface area (Å²) in [5.74, 6) is 2.82. The summed E-state index contributed by atoms with van der Waals surface area (Å²) in [5.41, 5.74) is 5.76. The number of aliphatic hydroxyl groups is 1. The minimum absolute atomic E-state index is 0.133. The van der Waals surface area contributed by atoms with E-state index in [1.54, 1.807) is 31.3 Å². The second kappa shape index (κ2) is 12.7. The van der Waals surface area contributed by atoms with Crippen LogP contribution in [0.5, 0.6) is 11.5 Å². The molecule has 1 aliphatic rings. The fourth-order valence-electron chi connectivity index (χ4n) is 4.42. The molecule has 11 heteroatoms. The van der Waals surface area contributed by atoms with E-state index in [-0.39, 0.29) is 12.2 Å². The number of benzene rings is 2. The maximum absolute atomic E-state index is 12.4. The van der Waals surface area contributed by atoms with Crippen molar-refractivity contribution in [1.29, 1.82) is 0 Å². The molecule has 208 valence electrons. The molecule has 2 amide bonds. The monoisotopic (exact) mass is 545 g/mol. The van der Waals surface area contributed by atoms with E-state index in [9.17, 15) is 14.7 Å². The molecule has 3 aromatic rings. The molecule has 0 saturated carbocycles. The molecule has 40 heavy (non-hydrogen) atoms. The second-order valence-corrected chi connectivity index (χ2v) is 8.85. The average Bonchev–Trinajstić information content (AvgIpc) is 3.29. The molecule has 2 heterocycles. The molecule has 2 aromatic carbocycles. The van der Waals surface area contributed by atoms with E-state index in [2.05, 4.69) is 27.1 Å². The highest BCUT2D eigenvalue weighted by atomic mass is 16.5. The lowest BCUT2D eigenvalue weighted by Crippen LogP contribution is -2.45. The number of nitrogens with one attached hydrogen (secondary N) is 3. The van der Waals surface area contributed by atoms with Crippen molar-refractivity contribution < 1.29 is 28.9 Å². The largest absolute Gasteiger partial charge is 0.490 e. The number of aromatic nitrogens is 1. The summed E-state index contributed by atoms with van der Waals surface area (Å²) in [4.78, 5) is 24.5. The van der Waals surface area contributed by atoms with E-state index in [4.69, 9.17) is 20.6 Å². The van der Waals surface area contributed by atoms with Crippen molar-refractivity contribution in [3.63, 3.8) is 0 Å². The number of para-hydroxylation sites is 1. The van der Waals surface area contributed by atoms with Crippen LogP contribution in [0.15, 0.2) is 65.0 Å². The van der Waals surface area contributed by atoms with Gasteiger partial charge >= 0.3 is 12.0 Å². The van der Waals surface area contributed by atoms with Gasteiger partial charge in [0.1, 0.15) is 6.61 Å². The quantitative estimate of drug-likeness (QED) is 0.0957. The third-order valence-corrected chi connectivity index (χ3v) is 6.18. The number of rotatable bonds is 11. The Bertz CT molecular complexity index is 1500. The maximum Gasteiger partial charge on any atom is 0.337 e. The van der Waals surface area contributed by atoms with Crippen molar-refractivity contribution in [3.8, 4) is 23.8 Å². The molecule has 11 nitrogen and oxygen atoms in total. The van der Waals surface area contributed by atoms with Crippen LogP contribution in [-0.2, 0) is 16.1 Å². The topological polar surface area (TPSA) is 135 Å². The van der Waals surface area contributed by atoms with Gasteiger partial charge in [0.15, 0.2) is 17.7 Å². The summed E-state index contributed by atoms with van der Waals surface area (Å²) in [6, 6.07) is 11.7. The molecule has 0 bridgehead atoms. The number of carbonyl (C=O) groups is 2. The molecule has 0 unspecified atom stereocenters. The lowest BCUT2D eigenvalue weighted by Gasteiger charge is -2.28. The fourth-order valence-corrected chi connectivity index (χ4v) is 4.42. The van der Waals surface area contributed by atoms with E-state index < -0.39 is 24.3 Å². The van der Waals surface area contributed by atoms with Crippen LogP contribution in [0.25, 0.3) is 10.9 Å². The number of hydrazone groups is 1. The molecular weight excluding hydrogens is 514 g/mol. The summed E-state index contributed by atoms with van der Waals surface area (Å²) in [6.45, 7) is 4.09. The number of hydrogen-bond donors (Lipinski definition) is 4. The molecule has 0 saturated heterocycles. The molecule has 0 fully saturated rings. The number of methoxy groups -OCH3 is 1. The Kier molecular flexibility index (Phi) is 8.93. The van der Waals surface area contributed by atoms with Gasteiger partial charge in [0.2, 0.25) is 0 Å². The number of carbonyl (C=O) groups excluding carboxylic acids is 2. The number of aliphatic hydroxyl groups excluding tert-OH is 1. The van der Waals surface area contributed by atoms with Crippen LogP contribution in [0.1, 0.15) is 31.0 Å². The normalized spacial score (nSPS) is 15.8. The summed E-state index contributed by atoms with van der Waals surface area (Å²) in [5, 5.41) is 20.9. The van der Waals surface area contributed by atoms with Gasteiger partial charge in [0.05, 0.1) is 38.1 Å². The lowest BCUT2D eigenvalue weighted by molar-refractivity contribution is -0.136. The van der Waals surface area contributed by atoms with Crippen molar-refractivity contribution in [2.75, 3.05) is 20.3 Å². The van der Waals surface area contributed by atoms with Gasteiger partial charge in [-0.2, -0.15) is 5.10 Å². The van der Waals surface area contributed by atoms with Gasteiger partial charge < -0.3 is 34.5 Å². The third-order valence-electron chi connectivity index (χ3n) is 6.18. The summed E-state index contributed by atoms with van der Waals surface area (Å²) in [7, 11) is 1.28. The van der Waals surface area contributed by atoms with Crippen LogP contribution in [0, 0.1) is 12.3 Å². The molecule has 4 rings (SSSR count). The van der Waals surface area contributed by atoms with Gasteiger partial charge in [-0.3, -0.25) is 5.43 Å². The standard InChI is InChI=1S/C29H31N5O6/c1-5-13-34-16-20(21-9-7-8-10-22(21)34)15-30-33-25(35)17-40-23-12-11-19(14-24(23)39-6-2)27-26(28(36)38-4)18(3)31-29(37)32-27/h1,7-12,14-16,25,27,33,35H,6,13,17H2,2-4H3,(H2,31,32,37)/b30-15+/t25-,27+/m1/s1. The Balaban J connectivity index is 1.45. The number of fused-ring (bicyclic) bond motifs is 1. The summed E-state index contributed by atoms with van der Waals surface area (Å²) in [6.07, 6.45) is 7.88. The van der Waals surface area contributed by atoms with Crippen LogP contribution in [0.3, 0.4) is 0 Å². The summed E-state index contributed by atoms with van der Waals surface area (Å²) < 4.78 is 18.4. The van der Waals surface area contributed by atoms with Crippen molar-refractivity contribution in [3.05, 3.63) is 71.1 Å². The van der Waals surface area contributed by atoms with E-state index >= 15 is 0 Å². The van der Waals surface area contributed by atoms with Gasteiger partial charge in [-0.05, 0) is 37.6 Å². The first kappa shape index (κ1) is 28.1. The molecule has 0 aliphatic carbocycles. The predicted molar refractivity (Wildman–Crippen MR) is 150 cm³/mol. The lowest BCUT2D eigenvalue weighted by atomic mass is 9.95. The fraction of sp³-hybridized carbons (Fsp3) is 0.276. The van der Waals surface area contributed by atoms with Gasteiger partial charge in [-0.15, -0.1) is 6.42 Å². The Hall–Kier alpha value is -4.95. The highest BCUT2D eigenvalue weighted by Gasteiger charge is 2.32. The van der Waals surface area contributed by atoms with Crippen LogP contribution in [0.4, 0.5) is 4.79 Å². The second-order valence-electron chi connectivity index (χ2n) is 8.85. The molecule has 0 spiro atoms. The average molecular weight is 546 g/mol. The van der Waals surface area contributed by atoms with Gasteiger partial charge in [0, 0.05) is 28.4 Å². The van der Waals surface area contributed by atoms with Gasteiger partial charge in [-0.1, -0.05) is 30.2 Å². The molecular formula is C29H31N5O6. The maximum atomic E-state index is 12.4. The first-order valence-corrected chi connectivity index (χ1v) is 12.6. The Morgan fingerprint density at radius 1 is 1.27 bits per heavy atom. The van der Waals surface area contributed by atoms with Crippen molar-refractivity contribution >= 4 is 29.1 Å². The minimum atomic E-state index is -1.12. The SMILES string of the molecule is C#CCn1cc(/C=N/N[C@H](O)COc2ccc([C@@H]3NC(=O)NC(C)=C3C(=O)OC)cc2OCC)c2ccccc21. The summed E-state index contributed by atoms with van der Waals surface area (Å²) >= 11 is 0. The number of ether oxygens (including phenoxy) is 3. The number of hydrogen-bond acceptors (Lipinski definition) is 8. The Labute approximate surface area is 231 Å². The zero-order valence-corrected chi connectivity index (χ0v) is 22.4. The van der Waals surface area contributed by atoms with Crippen LogP contribution >= 0.6 is 0 Å². The highest BCUT2D eigenvalue weighted by molar-refractivity contribution is 5.99. The van der Waals surface area contributed by atoms with Gasteiger partial charge in [-0.25, -0.2) is 9.59 Å². The van der Waals surface area contributed by atoms with Crippen LogP contribution in [0.2, 0.25) is 0 Å². The molecule has 0 radical (unpaired) electrons. The zero-order valence-electron chi connectivity index (χ0n) is 22.4. The van der Waals surface area contributed by atoms with Crippen molar-refractivity contribution in [2.45, 2.75) is 32.7 Å². The number of allylic oxidation sites excluding steroid dienone is 1. The number of terminal acetylenes is 1. The Morgan fingerprint density at radius 3 is 2.83 bits per heavy atom. The highest BCUT2D eigenvalue weighted by Crippen LogP contribution is 2.35. The molecule has 2 atom stereocenters. The first-order valence-electron chi connectivity index (χ1n) is 12.6.